The first-order valence-electron chi connectivity index (χ1n) is 10.5. The Bertz CT molecular complexity index is 536. The molecule has 3 fully saturated rings. The van der Waals surface area contributed by atoms with E-state index in [4.69, 9.17) is 0 Å². The van der Waals surface area contributed by atoms with E-state index in [0.717, 1.165) is 44.9 Å². The van der Waals surface area contributed by atoms with Gasteiger partial charge >= 0.3 is 0 Å². The maximum Gasteiger partial charge on any atom is 0.219 e. The molecule has 3 N–H and O–H groups in total. The smallest absolute Gasteiger partial charge is 0.219 e. The second-order valence-electron chi connectivity index (χ2n) is 8.56. The standard InChI is InChI=1S/C22H35NO3/c1-23-22(26)9-5-2-6-15-12-17-14-21(25)18(19(17)13-15)10-11-20(24)16-7-3-4-8-16/h6,10-11,16-21,24-25H,2-5,7-9,12-14H2,1H3,(H,23,26)/b11-10+,15-6+/t17-,18+,19-,20+,21+/m0/s1. The number of carbonyl (C=O) groups excluding carboxylic acids is 1. The molecule has 146 valence electrons. The van der Waals surface area contributed by atoms with Crippen molar-refractivity contribution in [3.63, 3.8) is 0 Å². The highest BCUT2D eigenvalue weighted by molar-refractivity contribution is 5.75. The van der Waals surface area contributed by atoms with Crippen molar-refractivity contribution in [2.24, 2.45) is 23.7 Å². The number of aliphatic hydroxyl groups excluding tert-OH is 2. The van der Waals surface area contributed by atoms with E-state index in [9.17, 15) is 15.0 Å². The minimum atomic E-state index is -0.343. The number of fused-ring (bicyclic) bond motifs is 1. The minimum absolute atomic E-state index is 0.112. The van der Waals surface area contributed by atoms with Gasteiger partial charge in [-0.3, -0.25) is 4.79 Å². The lowest BCUT2D eigenvalue weighted by atomic mass is 9.89. The van der Waals surface area contributed by atoms with Gasteiger partial charge in [-0.1, -0.05) is 36.6 Å². The van der Waals surface area contributed by atoms with Crippen LogP contribution in [0.2, 0.25) is 0 Å². The number of unbranched alkanes of at least 4 members (excludes halogenated alkanes) is 1. The molecule has 4 nitrogen and oxygen atoms in total. The Kier molecular flexibility index (Phi) is 6.93. The third-order valence-electron chi connectivity index (χ3n) is 6.84. The summed E-state index contributed by atoms with van der Waals surface area (Å²) in [5.74, 6) is 1.81. The molecule has 0 bridgehead atoms. The van der Waals surface area contributed by atoms with Crippen molar-refractivity contribution in [2.75, 3.05) is 7.05 Å². The summed E-state index contributed by atoms with van der Waals surface area (Å²) in [6.07, 6.45) is 16.0. The van der Waals surface area contributed by atoms with Crippen molar-refractivity contribution < 1.29 is 15.0 Å². The summed E-state index contributed by atoms with van der Waals surface area (Å²) < 4.78 is 0. The van der Waals surface area contributed by atoms with Gasteiger partial charge in [-0.15, -0.1) is 0 Å². The molecule has 0 aromatic rings. The monoisotopic (exact) mass is 361 g/mol. The van der Waals surface area contributed by atoms with Crippen molar-refractivity contribution >= 4 is 5.91 Å². The molecule has 3 rings (SSSR count). The van der Waals surface area contributed by atoms with Crippen molar-refractivity contribution in [1.29, 1.82) is 0 Å². The number of hydrogen-bond donors (Lipinski definition) is 3. The zero-order valence-corrected chi connectivity index (χ0v) is 16.1. The highest BCUT2D eigenvalue weighted by atomic mass is 16.3. The molecular weight excluding hydrogens is 326 g/mol. The molecule has 0 aromatic heterocycles. The number of amides is 1. The van der Waals surface area contributed by atoms with Crippen LogP contribution in [-0.4, -0.2) is 35.4 Å². The normalized spacial score (nSPS) is 34.7. The van der Waals surface area contributed by atoms with Gasteiger partial charge in [0.2, 0.25) is 5.91 Å². The summed E-state index contributed by atoms with van der Waals surface area (Å²) in [6, 6.07) is 0. The molecule has 0 heterocycles. The van der Waals surface area contributed by atoms with Gasteiger partial charge in [0.1, 0.15) is 0 Å². The average molecular weight is 362 g/mol. The second-order valence-corrected chi connectivity index (χ2v) is 8.56. The predicted octanol–water partition coefficient (Wildman–Crippen LogP) is 3.34. The lowest BCUT2D eigenvalue weighted by Crippen LogP contribution is -2.19. The van der Waals surface area contributed by atoms with Crippen LogP contribution in [0.1, 0.15) is 64.2 Å². The van der Waals surface area contributed by atoms with Crippen LogP contribution in [0.3, 0.4) is 0 Å². The molecule has 3 aliphatic rings. The molecule has 3 saturated carbocycles. The maximum atomic E-state index is 11.3. The molecule has 4 heteroatoms. The Morgan fingerprint density at radius 1 is 1.31 bits per heavy atom. The van der Waals surface area contributed by atoms with Crippen LogP contribution in [0, 0.1) is 23.7 Å². The van der Waals surface area contributed by atoms with E-state index in [-0.39, 0.29) is 24.0 Å². The van der Waals surface area contributed by atoms with Crippen molar-refractivity contribution in [3.05, 3.63) is 23.8 Å². The van der Waals surface area contributed by atoms with Crippen LogP contribution >= 0.6 is 0 Å². The molecule has 3 aliphatic carbocycles. The van der Waals surface area contributed by atoms with Gasteiger partial charge in [-0.2, -0.15) is 0 Å². The zero-order valence-electron chi connectivity index (χ0n) is 16.1. The van der Waals surface area contributed by atoms with Gasteiger partial charge in [0.25, 0.3) is 0 Å². The summed E-state index contributed by atoms with van der Waals surface area (Å²) in [4.78, 5) is 11.3. The van der Waals surface area contributed by atoms with E-state index >= 15 is 0 Å². The van der Waals surface area contributed by atoms with Crippen LogP contribution in [0.15, 0.2) is 23.8 Å². The fraction of sp³-hybridized carbons (Fsp3) is 0.773. The first-order valence-corrected chi connectivity index (χ1v) is 10.5. The highest BCUT2D eigenvalue weighted by Gasteiger charge is 2.45. The fourth-order valence-electron chi connectivity index (χ4n) is 5.33. The summed E-state index contributed by atoms with van der Waals surface area (Å²) >= 11 is 0. The van der Waals surface area contributed by atoms with Crippen LogP contribution in [0.25, 0.3) is 0 Å². The van der Waals surface area contributed by atoms with Crippen LogP contribution < -0.4 is 5.32 Å². The first-order chi connectivity index (χ1) is 12.6. The number of rotatable bonds is 7. The van der Waals surface area contributed by atoms with Crippen molar-refractivity contribution in [2.45, 2.75) is 76.4 Å². The highest BCUT2D eigenvalue weighted by Crippen LogP contribution is 2.50. The fourth-order valence-corrected chi connectivity index (χ4v) is 5.33. The molecule has 26 heavy (non-hydrogen) atoms. The molecule has 0 saturated heterocycles. The molecule has 0 aliphatic heterocycles. The molecule has 1 amide bonds. The minimum Gasteiger partial charge on any atom is -0.392 e. The summed E-state index contributed by atoms with van der Waals surface area (Å²) in [5, 5.41) is 23.5. The van der Waals surface area contributed by atoms with Crippen molar-refractivity contribution in [3.8, 4) is 0 Å². The molecule has 0 aromatic carbocycles. The predicted molar refractivity (Wildman–Crippen MR) is 103 cm³/mol. The van der Waals surface area contributed by atoms with Gasteiger partial charge < -0.3 is 15.5 Å². The van der Waals surface area contributed by atoms with Gasteiger partial charge in [0.15, 0.2) is 0 Å². The van der Waals surface area contributed by atoms with Gasteiger partial charge in [-0.05, 0) is 62.7 Å². The first kappa shape index (κ1) is 19.6. The molecule has 0 spiro atoms. The number of aliphatic hydroxyl groups is 2. The second kappa shape index (κ2) is 9.18. The van der Waals surface area contributed by atoms with E-state index in [1.165, 1.54) is 18.4 Å². The summed E-state index contributed by atoms with van der Waals surface area (Å²) in [5.41, 5.74) is 1.50. The van der Waals surface area contributed by atoms with E-state index < -0.39 is 0 Å². The number of allylic oxidation sites excluding steroid dienone is 2. The average Bonchev–Trinajstić information content (AvgIpc) is 3.33. The van der Waals surface area contributed by atoms with Crippen LogP contribution in [0.4, 0.5) is 0 Å². The van der Waals surface area contributed by atoms with Crippen LogP contribution in [0.5, 0.6) is 0 Å². The Labute approximate surface area is 157 Å². The van der Waals surface area contributed by atoms with Gasteiger partial charge in [0, 0.05) is 19.4 Å². The third kappa shape index (κ3) is 4.77. The summed E-state index contributed by atoms with van der Waals surface area (Å²) in [7, 11) is 1.68. The molecule has 0 unspecified atom stereocenters. The Morgan fingerprint density at radius 2 is 2.08 bits per heavy atom. The molecular formula is C22H35NO3. The Balaban J connectivity index is 1.50. The molecule has 0 radical (unpaired) electrons. The van der Waals surface area contributed by atoms with Crippen LogP contribution in [-0.2, 0) is 4.79 Å². The topological polar surface area (TPSA) is 69.6 Å². The molecule has 5 atom stereocenters. The number of carbonyl (C=O) groups is 1. The third-order valence-corrected chi connectivity index (χ3v) is 6.84. The number of hydrogen-bond acceptors (Lipinski definition) is 3. The zero-order chi connectivity index (χ0) is 18.5. The van der Waals surface area contributed by atoms with Gasteiger partial charge in [0.05, 0.1) is 12.2 Å². The maximum absolute atomic E-state index is 11.3. The van der Waals surface area contributed by atoms with Crippen molar-refractivity contribution in [1.82, 2.24) is 5.32 Å². The summed E-state index contributed by atoms with van der Waals surface area (Å²) in [6.45, 7) is 0. The van der Waals surface area contributed by atoms with E-state index in [1.807, 2.05) is 6.08 Å². The largest absolute Gasteiger partial charge is 0.392 e. The quantitative estimate of drug-likeness (QED) is 0.481. The lowest BCUT2D eigenvalue weighted by molar-refractivity contribution is -0.120. The Morgan fingerprint density at radius 3 is 2.81 bits per heavy atom. The SMILES string of the molecule is CNC(=O)CCC/C=C1\C[C@H]2C[C@@H](O)[C@H](/C=C/[C@@H](O)C3CCCC3)[C@H]2C1. The van der Waals surface area contributed by atoms with E-state index in [0.29, 0.717) is 24.2 Å². The van der Waals surface area contributed by atoms with Gasteiger partial charge in [-0.25, -0.2) is 0 Å². The Hall–Kier alpha value is -1.13. The lowest BCUT2D eigenvalue weighted by Gasteiger charge is -2.19. The number of nitrogens with one attached hydrogen (secondary N) is 1. The van der Waals surface area contributed by atoms with E-state index in [2.05, 4.69) is 17.5 Å². The van der Waals surface area contributed by atoms with E-state index in [1.54, 1.807) is 7.05 Å².